The monoisotopic (exact) mass is 375 g/mol. The third-order valence-corrected chi connectivity index (χ3v) is 6.47. The van der Waals surface area contributed by atoms with Crippen molar-refractivity contribution in [1.29, 1.82) is 0 Å². The molecule has 138 valence electrons. The van der Waals surface area contributed by atoms with Crippen LogP contribution in [0.3, 0.4) is 0 Å². The van der Waals surface area contributed by atoms with Gasteiger partial charge in [-0.25, -0.2) is 8.42 Å². The van der Waals surface area contributed by atoms with Crippen LogP contribution in [0.1, 0.15) is 18.1 Å². The molecule has 26 heavy (non-hydrogen) atoms. The van der Waals surface area contributed by atoms with Crippen LogP contribution < -0.4 is 14.2 Å². The molecule has 2 aromatic carbocycles. The molecule has 2 aliphatic rings. The molecule has 7 heteroatoms. The summed E-state index contributed by atoms with van der Waals surface area (Å²) >= 11 is 0. The molecule has 0 fully saturated rings. The standard InChI is InChI=1S/C19H21NO5S/c1-2-23-16-3-5-17(6-4-16)26(21,22)20-8-7-14-11-18-19(12-15(14)13-20)25-10-9-24-18/h3-6,11-12H,2,7-10,13H2,1H3. The molecule has 6 nitrogen and oxygen atoms in total. The van der Waals surface area contributed by atoms with E-state index in [-0.39, 0.29) is 4.90 Å². The van der Waals surface area contributed by atoms with Gasteiger partial charge in [-0.1, -0.05) is 0 Å². The zero-order valence-electron chi connectivity index (χ0n) is 14.6. The second-order valence-corrected chi connectivity index (χ2v) is 8.20. The molecule has 0 aromatic heterocycles. The Morgan fingerprint density at radius 1 is 1.04 bits per heavy atom. The second-order valence-electron chi connectivity index (χ2n) is 6.26. The first-order chi connectivity index (χ1) is 12.6. The lowest BCUT2D eigenvalue weighted by atomic mass is 10.00. The molecule has 2 heterocycles. The normalized spacial score (nSPS) is 16.8. The molecule has 0 saturated carbocycles. The van der Waals surface area contributed by atoms with Gasteiger partial charge in [0.05, 0.1) is 11.5 Å². The highest BCUT2D eigenvalue weighted by atomic mass is 32.2. The quantitative estimate of drug-likeness (QED) is 0.822. The molecule has 0 saturated heterocycles. The summed E-state index contributed by atoms with van der Waals surface area (Å²) in [5.74, 6) is 2.10. The Bertz CT molecular complexity index is 908. The highest BCUT2D eigenvalue weighted by molar-refractivity contribution is 7.89. The molecule has 0 unspecified atom stereocenters. The fourth-order valence-electron chi connectivity index (χ4n) is 3.30. The van der Waals surface area contributed by atoms with Crippen LogP contribution in [0.5, 0.6) is 17.2 Å². The minimum Gasteiger partial charge on any atom is -0.494 e. The first-order valence-corrected chi connectivity index (χ1v) is 10.2. The Morgan fingerprint density at radius 2 is 1.69 bits per heavy atom. The van der Waals surface area contributed by atoms with E-state index in [9.17, 15) is 8.42 Å². The van der Waals surface area contributed by atoms with Gasteiger partial charge in [0, 0.05) is 13.1 Å². The van der Waals surface area contributed by atoms with Gasteiger partial charge in [-0.3, -0.25) is 0 Å². The largest absolute Gasteiger partial charge is 0.494 e. The molecule has 2 aliphatic heterocycles. The summed E-state index contributed by atoms with van der Waals surface area (Å²) in [6.07, 6.45) is 0.655. The van der Waals surface area contributed by atoms with Crippen molar-refractivity contribution in [3.8, 4) is 17.2 Å². The van der Waals surface area contributed by atoms with Crippen LogP contribution >= 0.6 is 0 Å². The maximum Gasteiger partial charge on any atom is 0.243 e. The van der Waals surface area contributed by atoms with Gasteiger partial charge < -0.3 is 14.2 Å². The zero-order valence-corrected chi connectivity index (χ0v) is 15.4. The Balaban J connectivity index is 1.59. The van der Waals surface area contributed by atoms with E-state index in [2.05, 4.69) is 0 Å². The van der Waals surface area contributed by atoms with E-state index in [4.69, 9.17) is 14.2 Å². The van der Waals surface area contributed by atoms with Crippen LogP contribution in [0.25, 0.3) is 0 Å². The van der Waals surface area contributed by atoms with Crippen molar-refractivity contribution in [2.75, 3.05) is 26.4 Å². The summed E-state index contributed by atoms with van der Waals surface area (Å²) < 4.78 is 44.1. The van der Waals surface area contributed by atoms with Gasteiger partial charge in [-0.2, -0.15) is 4.31 Å². The lowest BCUT2D eigenvalue weighted by molar-refractivity contribution is 0.171. The van der Waals surface area contributed by atoms with Crippen molar-refractivity contribution in [2.24, 2.45) is 0 Å². The van der Waals surface area contributed by atoms with Crippen molar-refractivity contribution in [1.82, 2.24) is 4.31 Å². The van der Waals surface area contributed by atoms with Crippen LogP contribution in [0.4, 0.5) is 0 Å². The van der Waals surface area contributed by atoms with Gasteiger partial charge in [0.1, 0.15) is 19.0 Å². The number of benzene rings is 2. The lowest BCUT2D eigenvalue weighted by Crippen LogP contribution is -2.36. The molecular formula is C19H21NO5S. The van der Waals surface area contributed by atoms with E-state index in [1.807, 2.05) is 19.1 Å². The number of ether oxygens (including phenoxy) is 3. The van der Waals surface area contributed by atoms with Gasteiger partial charge in [-0.05, 0) is 60.9 Å². The Hall–Kier alpha value is -2.25. The Morgan fingerprint density at radius 3 is 2.35 bits per heavy atom. The lowest BCUT2D eigenvalue weighted by Gasteiger charge is -2.30. The number of hydrogen-bond acceptors (Lipinski definition) is 5. The molecule has 0 bridgehead atoms. The van der Waals surface area contributed by atoms with Crippen LogP contribution in [0, 0.1) is 0 Å². The van der Waals surface area contributed by atoms with Crippen LogP contribution in [0.2, 0.25) is 0 Å². The van der Waals surface area contributed by atoms with Gasteiger partial charge in [0.25, 0.3) is 0 Å². The summed E-state index contributed by atoms with van der Waals surface area (Å²) in [4.78, 5) is 0.280. The minimum atomic E-state index is -3.55. The fraction of sp³-hybridized carbons (Fsp3) is 0.368. The SMILES string of the molecule is CCOc1ccc(S(=O)(=O)N2CCc3cc4c(cc3C2)OCCO4)cc1. The molecular weight excluding hydrogens is 354 g/mol. The van der Waals surface area contributed by atoms with Crippen LogP contribution in [-0.2, 0) is 23.0 Å². The number of nitrogens with zero attached hydrogens (tertiary/aromatic N) is 1. The van der Waals surface area contributed by atoms with Crippen molar-refractivity contribution in [3.05, 3.63) is 47.5 Å². The summed E-state index contributed by atoms with van der Waals surface area (Å²) in [5.41, 5.74) is 2.09. The van der Waals surface area contributed by atoms with E-state index in [1.165, 1.54) is 4.31 Å². The van der Waals surface area contributed by atoms with Gasteiger partial charge in [-0.15, -0.1) is 0 Å². The number of rotatable bonds is 4. The van der Waals surface area contributed by atoms with E-state index >= 15 is 0 Å². The maximum absolute atomic E-state index is 13.0. The summed E-state index contributed by atoms with van der Waals surface area (Å²) in [5, 5.41) is 0. The van der Waals surface area contributed by atoms with Crippen LogP contribution in [-0.4, -0.2) is 39.1 Å². The predicted octanol–water partition coefficient (Wildman–Crippen LogP) is 2.60. The highest BCUT2D eigenvalue weighted by Gasteiger charge is 2.29. The van der Waals surface area contributed by atoms with Crippen molar-refractivity contribution < 1.29 is 22.6 Å². The van der Waals surface area contributed by atoms with E-state index in [0.717, 1.165) is 16.9 Å². The fourth-order valence-corrected chi connectivity index (χ4v) is 4.71. The molecule has 0 spiro atoms. The molecule has 0 amide bonds. The Labute approximate surface area is 153 Å². The van der Waals surface area contributed by atoms with Crippen molar-refractivity contribution in [2.45, 2.75) is 24.8 Å². The van der Waals surface area contributed by atoms with E-state index < -0.39 is 10.0 Å². The molecule has 4 rings (SSSR count). The number of fused-ring (bicyclic) bond motifs is 2. The van der Waals surface area contributed by atoms with Crippen LogP contribution in [0.15, 0.2) is 41.3 Å². The third kappa shape index (κ3) is 3.12. The molecule has 2 aromatic rings. The highest BCUT2D eigenvalue weighted by Crippen LogP contribution is 2.36. The molecule has 0 aliphatic carbocycles. The van der Waals surface area contributed by atoms with Gasteiger partial charge >= 0.3 is 0 Å². The molecule has 0 N–H and O–H groups in total. The van der Waals surface area contributed by atoms with Crippen molar-refractivity contribution in [3.63, 3.8) is 0 Å². The van der Waals surface area contributed by atoms with Crippen molar-refractivity contribution >= 4 is 10.0 Å². The number of sulfonamides is 1. The third-order valence-electron chi connectivity index (χ3n) is 4.61. The summed E-state index contributed by atoms with van der Waals surface area (Å²) in [6.45, 7) is 4.28. The number of hydrogen-bond donors (Lipinski definition) is 0. The average Bonchev–Trinajstić information content (AvgIpc) is 2.66. The first-order valence-electron chi connectivity index (χ1n) is 8.72. The second kappa shape index (κ2) is 6.81. The molecule has 0 atom stereocenters. The van der Waals surface area contributed by atoms with E-state index in [0.29, 0.717) is 50.8 Å². The Kier molecular flexibility index (Phi) is 4.50. The first kappa shape index (κ1) is 17.2. The maximum atomic E-state index is 13.0. The smallest absolute Gasteiger partial charge is 0.243 e. The average molecular weight is 375 g/mol. The zero-order chi connectivity index (χ0) is 18.1. The topological polar surface area (TPSA) is 65.1 Å². The minimum absolute atomic E-state index is 0.280. The van der Waals surface area contributed by atoms with Gasteiger partial charge in [0.15, 0.2) is 11.5 Å². The summed E-state index contributed by atoms with van der Waals surface area (Å²) in [7, 11) is -3.55. The summed E-state index contributed by atoms with van der Waals surface area (Å²) in [6, 6.07) is 10.5. The van der Waals surface area contributed by atoms with E-state index in [1.54, 1.807) is 24.3 Å². The molecule has 0 radical (unpaired) electrons. The van der Waals surface area contributed by atoms with Gasteiger partial charge in [0.2, 0.25) is 10.0 Å². The predicted molar refractivity (Wildman–Crippen MR) is 96.3 cm³/mol.